The third-order valence-electron chi connectivity index (χ3n) is 2.95. The Kier molecular flexibility index (Phi) is 3.30. The van der Waals surface area contributed by atoms with Gasteiger partial charge in [0.25, 0.3) is 5.91 Å². The van der Waals surface area contributed by atoms with Crippen LogP contribution in [0.15, 0.2) is 39.6 Å². The Morgan fingerprint density at radius 1 is 1.23 bits per heavy atom. The van der Waals surface area contributed by atoms with Gasteiger partial charge in [-0.3, -0.25) is 4.79 Å². The molecule has 0 fully saturated rings. The number of carbonyl (C=O) groups is 1. The molecule has 1 aromatic carbocycles. The van der Waals surface area contributed by atoms with E-state index in [-0.39, 0.29) is 17.3 Å². The molecule has 3 aromatic rings. The lowest BCUT2D eigenvalue weighted by Gasteiger charge is -2.04. The number of amides is 1. The monoisotopic (exact) mass is 300 g/mol. The van der Waals surface area contributed by atoms with Gasteiger partial charge in [0, 0.05) is 18.8 Å². The second-order valence-electron chi connectivity index (χ2n) is 4.62. The molecular weight excluding hydrogens is 288 g/mol. The average molecular weight is 300 g/mol. The van der Waals surface area contributed by atoms with Crippen molar-refractivity contribution in [3.8, 4) is 5.69 Å². The zero-order valence-corrected chi connectivity index (χ0v) is 11.8. The van der Waals surface area contributed by atoms with Crippen molar-refractivity contribution < 1.29 is 9.32 Å². The summed E-state index contributed by atoms with van der Waals surface area (Å²) in [6, 6.07) is 8.16. The lowest BCUT2D eigenvalue weighted by Crippen LogP contribution is -2.21. The van der Waals surface area contributed by atoms with Gasteiger partial charge in [-0.25, -0.2) is 4.79 Å². The fraction of sp³-hybridized carbons (Fsp3) is 0.154. The zero-order chi connectivity index (χ0) is 15.7. The van der Waals surface area contributed by atoms with Gasteiger partial charge >= 0.3 is 5.69 Å². The van der Waals surface area contributed by atoms with Crippen molar-refractivity contribution >= 4 is 11.6 Å². The molecule has 0 saturated carbocycles. The standard InChI is InChI=1S/C13H12N6O3/c1-8-7-11(15-22-8)12(20)14-9-3-5-10(6-4-9)19-13(21)18(2)16-17-19/h3-7H,1-2H3,(H,14,20). The molecule has 9 nitrogen and oxygen atoms in total. The van der Waals surface area contributed by atoms with Crippen LogP contribution in [0.3, 0.4) is 0 Å². The Hall–Kier alpha value is -3.23. The number of rotatable bonds is 3. The first kappa shape index (κ1) is 13.7. The van der Waals surface area contributed by atoms with E-state index in [0.717, 1.165) is 9.36 Å². The highest BCUT2D eigenvalue weighted by atomic mass is 16.5. The maximum atomic E-state index is 11.9. The molecular formula is C13H12N6O3. The van der Waals surface area contributed by atoms with Gasteiger partial charge in [-0.1, -0.05) is 5.16 Å². The maximum Gasteiger partial charge on any atom is 0.368 e. The largest absolute Gasteiger partial charge is 0.368 e. The number of anilines is 1. The minimum atomic E-state index is -0.374. The zero-order valence-electron chi connectivity index (χ0n) is 11.8. The van der Waals surface area contributed by atoms with E-state index in [1.807, 2.05) is 0 Å². The summed E-state index contributed by atoms with van der Waals surface area (Å²) < 4.78 is 7.14. The Morgan fingerprint density at radius 3 is 2.50 bits per heavy atom. The fourth-order valence-corrected chi connectivity index (χ4v) is 1.83. The number of hydrogen-bond donors (Lipinski definition) is 1. The van der Waals surface area contributed by atoms with E-state index in [2.05, 4.69) is 20.9 Å². The van der Waals surface area contributed by atoms with E-state index in [0.29, 0.717) is 17.1 Å². The number of aromatic nitrogens is 5. The molecule has 2 heterocycles. The molecule has 1 N–H and O–H groups in total. The van der Waals surface area contributed by atoms with Gasteiger partial charge in [-0.15, -0.1) is 0 Å². The van der Waals surface area contributed by atoms with Gasteiger partial charge in [-0.2, -0.15) is 9.36 Å². The first-order valence-corrected chi connectivity index (χ1v) is 6.39. The molecule has 2 aromatic heterocycles. The van der Waals surface area contributed by atoms with Crippen molar-refractivity contribution in [2.45, 2.75) is 6.92 Å². The summed E-state index contributed by atoms with van der Waals surface area (Å²) >= 11 is 0. The Morgan fingerprint density at radius 2 is 1.95 bits per heavy atom. The predicted molar refractivity (Wildman–Crippen MR) is 75.8 cm³/mol. The Labute approximate surface area is 124 Å². The summed E-state index contributed by atoms with van der Waals surface area (Å²) in [5.74, 6) is 0.184. The number of carbonyl (C=O) groups excluding carboxylic acids is 1. The molecule has 9 heteroatoms. The highest BCUT2D eigenvalue weighted by molar-refractivity contribution is 6.02. The molecule has 0 aliphatic rings. The second-order valence-corrected chi connectivity index (χ2v) is 4.62. The summed E-state index contributed by atoms with van der Waals surface area (Å²) in [4.78, 5) is 23.7. The van der Waals surface area contributed by atoms with Crippen molar-refractivity contribution in [3.63, 3.8) is 0 Å². The first-order chi connectivity index (χ1) is 10.5. The van der Waals surface area contributed by atoms with Crippen LogP contribution in [-0.4, -0.2) is 30.9 Å². The molecule has 3 rings (SSSR count). The van der Waals surface area contributed by atoms with Crippen molar-refractivity contribution in [1.82, 2.24) is 24.9 Å². The quantitative estimate of drug-likeness (QED) is 0.755. The number of aryl methyl sites for hydroxylation is 2. The van der Waals surface area contributed by atoms with Crippen LogP contribution in [0.5, 0.6) is 0 Å². The van der Waals surface area contributed by atoms with Crippen molar-refractivity contribution in [1.29, 1.82) is 0 Å². The summed E-state index contributed by atoms with van der Waals surface area (Å²) in [7, 11) is 1.51. The number of benzene rings is 1. The normalized spacial score (nSPS) is 10.6. The maximum absolute atomic E-state index is 11.9. The van der Waals surface area contributed by atoms with Gasteiger partial charge < -0.3 is 9.84 Å². The first-order valence-electron chi connectivity index (χ1n) is 6.39. The van der Waals surface area contributed by atoms with E-state index in [9.17, 15) is 9.59 Å². The summed E-state index contributed by atoms with van der Waals surface area (Å²) in [5.41, 5.74) is 0.960. The smallest absolute Gasteiger partial charge is 0.361 e. The number of nitrogens with zero attached hydrogens (tertiary/aromatic N) is 5. The highest BCUT2D eigenvalue weighted by Crippen LogP contribution is 2.13. The Balaban J connectivity index is 1.78. The summed E-state index contributed by atoms with van der Waals surface area (Å²) in [5, 5.41) is 13.7. The van der Waals surface area contributed by atoms with E-state index in [1.54, 1.807) is 37.3 Å². The van der Waals surface area contributed by atoms with Gasteiger partial charge in [0.1, 0.15) is 5.76 Å². The van der Waals surface area contributed by atoms with Crippen molar-refractivity contribution in [3.05, 3.63) is 52.3 Å². The molecule has 112 valence electrons. The number of nitrogens with one attached hydrogen (secondary N) is 1. The van der Waals surface area contributed by atoms with Crippen LogP contribution in [0.1, 0.15) is 16.2 Å². The predicted octanol–water partition coefficient (Wildman–Crippen LogP) is 0.515. The van der Waals surface area contributed by atoms with Crippen LogP contribution in [-0.2, 0) is 7.05 Å². The van der Waals surface area contributed by atoms with Crippen LogP contribution < -0.4 is 11.0 Å². The molecule has 0 unspecified atom stereocenters. The van der Waals surface area contributed by atoms with Crippen molar-refractivity contribution in [2.24, 2.45) is 7.05 Å². The molecule has 22 heavy (non-hydrogen) atoms. The fourth-order valence-electron chi connectivity index (χ4n) is 1.83. The number of tetrazole rings is 1. The van der Waals surface area contributed by atoms with Crippen LogP contribution in [0.2, 0.25) is 0 Å². The van der Waals surface area contributed by atoms with Crippen LogP contribution in [0.4, 0.5) is 5.69 Å². The van der Waals surface area contributed by atoms with Gasteiger partial charge in [0.05, 0.1) is 5.69 Å². The lowest BCUT2D eigenvalue weighted by atomic mass is 10.2. The minimum Gasteiger partial charge on any atom is -0.361 e. The topological polar surface area (TPSA) is 108 Å². The molecule has 0 saturated heterocycles. The van der Waals surface area contributed by atoms with Crippen LogP contribution >= 0.6 is 0 Å². The molecule has 0 radical (unpaired) electrons. The molecule has 0 spiro atoms. The molecule has 0 bridgehead atoms. The molecule has 1 amide bonds. The van der Waals surface area contributed by atoms with E-state index >= 15 is 0 Å². The van der Waals surface area contributed by atoms with Crippen LogP contribution in [0.25, 0.3) is 5.69 Å². The van der Waals surface area contributed by atoms with Gasteiger partial charge in [0.2, 0.25) is 0 Å². The highest BCUT2D eigenvalue weighted by Gasteiger charge is 2.11. The minimum absolute atomic E-state index is 0.201. The van der Waals surface area contributed by atoms with E-state index in [4.69, 9.17) is 4.52 Å². The Bertz CT molecular complexity index is 874. The average Bonchev–Trinajstić information content (AvgIpc) is 3.08. The molecule has 0 aliphatic heterocycles. The lowest BCUT2D eigenvalue weighted by molar-refractivity contribution is 0.101. The summed E-state index contributed by atoms with van der Waals surface area (Å²) in [6.45, 7) is 1.71. The van der Waals surface area contributed by atoms with Gasteiger partial charge in [0.15, 0.2) is 5.69 Å². The van der Waals surface area contributed by atoms with Crippen molar-refractivity contribution in [2.75, 3.05) is 5.32 Å². The SMILES string of the molecule is Cc1cc(C(=O)Nc2ccc(-n3nnn(C)c3=O)cc2)no1. The number of hydrogen-bond acceptors (Lipinski definition) is 6. The molecule has 0 aliphatic carbocycles. The second kappa shape index (κ2) is 5.28. The molecule has 0 atom stereocenters. The van der Waals surface area contributed by atoms with E-state index < -0.39 is 0 Å². The van der Waals surface area contributed by atoms with Gasteiger partial charge in [-0.05, 0) is 41.6 Å². The third-order valence-corrected chi connectivity index (χ3v) is 2.95. The van der Waals surface area contributed by atoms with E-state index in [1.165, 1.54) is 7.05 Å². The summed E-state index contributed by atoms with van der Waals surface area (Å²) in [6.07, 6.45) is 0. The third kappa shape index (κ3) is 2.51. The van der Waals surface area contributed by atoms with Crippen LogP contribution in [0, 0.1) is 6.92 Å².